The first-order chi connectivity index (χ1) is 18.5. The Balaban J connectivity index is 2.64. The Morgan fingerprint density at radius 2 is 1.62 bits per heavy atom. The monoisotopic (exact) mass is 560 g/mol. The zero-order valence-electron chi connectivity index (χ0n) is 26.8. The number of aliphatic hydroxyl groups excluding tert-OH is 1. The molecule has 2 amide bonds. The average Bonchev–Trinajstić information content (AvgIpc) is 2.89. The van der Waals surface area contributed by atoms with Gasteiger partial charge in [-0.1, -0.05) is 80.9 Å². The van der Waals surface area contributed by atoms with Gasteiger partial charge in [0.1, 0.15) is 0 Å². The Hall–Kier alpha value is -2.48. The molecule has 8 nitrogen and oxygen atoms in total. The van der Waals surface area contributed by atoms with Crippen molar-refractivity contribution < 1.29 is 19.4 Å². The van der Waals surface area contributed by atoms with Crippen molar-refractivity contribution in [3.63, 3.8) is 0 Å². The number of carbonyl (C=O) groups is 2. The van der Waals surface area contributed by atoms with E-state index in [4.69, 9.17) is 0 Å². The number of aromatic nitrogens is 2. The molecule has 40 heavy (non-hydrogen) atoms. The van der Waals surface area contributed by atoms with Crippen LogP contribution in [0.3, 0.4) is 0 Å². The predicted molar refractivity (Wildman–Crippen MR) is 162 cm³/mol. The zero-order valence-corrected chi connectivity index (χ0v) is 26.8. The van der Waals surface area contributed by atoms with Gasteiger partial charge >= 0.3 is 0 Å². The minimum atomic E-state index is -0.680. The fourth-order valence-electron chi connectivity index (χ4n) is 5.08. The van der Waals surface area contributed by atoms with Gasteiger partial charge in [-0.05, 0) is 54.8 Å². The van der Waals surface area contributed by atoms with Crippen LogP contribution in [-0.4, -0.2) is 41.1 Å². The second-order valence-corrected chi connectivity index (χ2v) is 13.4. The molecule has 228 valence electrons. The molecule has 0 saturated carbocycles. The third kappa shape index (κ3) is 10.2. The highest BCUT2D eigenvalue weighted by Crippen LogP contribution is 2.52. The van der Waals surface area contributed by atoms with Gasteiger partial charge in [0, 0.05) is 25.4 Å². The molecule has 0 fully saturated rings. The van der Waals surface area contributed by atoms with Crippen LogP contribution in [0.5, 0.6) is 0 Å². The molecule has 1 aromatic rings. The third-order valence-corrected chi connectivity index (χ3v) is 9.19. The van der Waals surface area contributed by atoms with Crippen molar-refractivity contribution in [2.24, 2.45) is 21.7 Å². The minimum absolute atomic E-state index is 0.0152. The van der Waals surface area contributed by atoms with E-state index in [1.807, 2.05) is 13.8 Å². The quantitative estimate of drug-likeness (QED) is 0.129. The molecule has 0 aliphatic heterocycles. The van der Waals surface area contributed by atoms with E-state index in [9.17, 15) is 19.9 Å². The second-order valence-electron chi connectivity index (χ2n) is 13.4. The Bertz CT molecular complexity index is 1010. The molecule has 1 heterocycles. The second kappa shape index (κ2) is 14.9. The Labute approximate surface area is 243 Å². The summed E-state index contributed by atoms with van der Waals surface area (Å²) in [7, 11) is 0. The number of amides is 2. The summed E-state index contributed by atoms with van der Waals surface area (Å²) in [4.78, 5) is 29.4. The highest BCUT2D eigenvalue weighted by atomic mass is 16.5. The lowest BCUT2D eigenvalue weighted by molar-refractivity contribution is -0.613. The summed E-state index contributed by atoms with van der Waals surface area (Å²) in [5.74, 6) is -0.479. The number of carbonyl (C=O) groups excluding carboxylic acids is 2. The first-order valence-corrected chi connectivity index (χ1v) is 14.9. The summed E-state index contributed by atoms with van der Waals surface area (Å²) < 4.78 is 0.595. The van der Waals surface area contributed by atoms with Gasteiger partial charge in [0.05, 0.1) is 12.3 Å². The molecule has 0 saturated heterocycles. The van der Waals surface area contributed by atoms with Crippen LogP contribution in [0.15, 0.2) is 24.5 Å². The highest BCUT2D eigenvalue weighted by Gasteiger charge is 2.45. The molecule has 0 aromatic carbocycles. The molecule has 0 aliphatic carbocycles. The zero-order chi connectivity index (χ0) is 30.8. The van der Waals surface area contributed by atoms with Crippen molar-refractivity contribution in [1.82, 2.24) is 15.6 Å². The molecular formula is C32H56N4O4. The Kier molecular flexibility index (Phi) is 13.3. The number of hydrogen-bond acceptors (Lipinski definition) is 5. The van der Waals surface area contributed by atoms with Crippen LogP contribution < -0.4 is 15.4 Å². The molecular weight excluding hydrogens is 504 g/mol. The van der Waals surface area contributed by atoms with E-state index < -0.39 is 17.4 Å². The lowest BCUT2D eigenvalue weighted by Gasteiger charge is -2.48. The Morgan fingerprint density at radius 3 is 2.15 bits per heavy atom. The molecule has 3 atom stereocenters. The Morgan fingerprint density at radius 1 is 1.02 bits per heavy atom. The normalized spacial score (nSPS) is 16.3. The summed E-state index contributed by atoms with van der Waals surface area (Å²) in [5, 5.41) is 27.7. The molecule has 0 bridgehead atoms. The molecule has 8 heteroatoms. The number of nitrogens with zero attached hydrogens (tertiary/aromatic N) is 2. The lowest BCUT2D eigenvalue weighted by atomic mass is 9.56. The van der Waals surface area contributed by atoms with E-state index >= 15 is 0 Å². The van der Waals surface area contributed by atoms with Crippen molar-refractivity contribution >= 4 is 11.8 Å². The van der Waals surface area contributed by atoms with Crippen LogP contribution in [0.1, 0.15) is 123 Å². The average molecular weight is 561 g/mol. The first-order valence-electron chi connectivity index (χ1n) is 14.9. The van der Waals surface area contributed by atoms with Gasteiger partial charge in [-0.15, -0.1) is 0 Å². The van der Waals surface area contributed by atoms with Crippen LogP contribution in [0, 0.1) is 33.8 Å². The summed E-state index contributed by atoms with van der Waals surface area (Å²) in [6.45, 7) is 22.1. The van der Waals surface area contributed by atoms with E-state index in [-0.39, 0.29) is 34.4 Å². The summed E-state index contributed by atoms with van der Waals surface area (Å²) in [5.41, 5.74) is 0.0389. The largest absolute Gasteiger partial charge is 0.618 e. The SMILES string of the molecule is CCC(C)(C)CC=CC(C)(CC)C(C)(CC)CC(C)(C)C(=O)NCCC(O)CCNC(=O)c1c[n+]([O-])c(C)cn1. The van der Waals surface area contributed by atoms with Crippen molar-refractivity contribution in [1.29, 1.82) is 0 Å². The molecule has 3 unspecified atom stereocenters. The third-order valence-electron chi connectivity index (χ3n) is 9.19. The molecule has 0 aliphatic rings. The maximum atomic E-state index is 13.2. The fraction of sp³-hybridized carbons (Fsp3) is 0.750. The topological polar surface area (TPSA) is 118 Å². The van der Waals surface area contributed by atoms with E-state index in [2.05, 4.69) is 76.2 Å². The molecule has 0 radical (unpaired) electrons. The summed E-state index contributed by atoms with van der Waals surface area (Å²) in [6, 6.07) is 0. The summed E-state index contributed by atoms with van der Waals surface area (Å²) >= 11 is 0. The molecule has 0 spiro atoms. The predicted octanol–water partition coefficient (Wildman–Crippen LogP) is 5.64. The molecule has 1 rings (SSSR count). The van der Waals surface area contributed by atoms with Gasteiger partial charge in [0.2, 0.25) is 17.8 Å². The van der Waals surface area contributed by atoms with Crippen LogP contribution in [-0.2, 0) is 4.79 Å². The fourth-order valence-corrected chi connectivity index (χ4v) is 5.08. The van der Waals surface area contributed by atoms with Gasteiger partial charge < -0.3 is 20.9 Å². The number of aryl methyl sites for hydroxylation is 1. The van der Waals surface area contributed by atoms with Gasteiger partial charge in [0.25, 0.3) is 5.91 Å². The van der Waals surface area contributed by atoms with Crippen LogP contribution >= 0.6 is 0 Å². The van der Waals surface area contributed by atoms with Crippen molar-refractivity contribution in [3.05, 3.63) is 41.1 Å². The van der Waals surface area contributed by atoms with E-state index in [0.29, 0.717) is 29.8 Å². The smallest absolute Gasteiger partial charge is 0.276 e. The van der Waals surface area contributed by atoms with E-state index in [0.717, 1.165) is 38.3 Å². The standard InChI is InChI=1S/C32H56N4O4/c1-11-29(5,6)17-14-18-31(9,12-2)32(10,13-3)23-30(7,8)28(39)34-20-16-25(37)15-19-33-27(38)26-22-36(40)24(4)21-35-26/h14,18,21-22,25,37H,11-13,15-17,19-20,23H2,1-10H3,(H,33,38)(H,34,39). The highest BCUT2D eigenvalue weighted by molar-refractivity contribution is 5.91. The van der Waals surface area contributed by atoms with Crippen molar-refractivity contribution in [2.45, 2.75) is 120 Å². The first kappa shape index (κ1) is 35.5. The maximum Gasteiger partial charge on any atom is 0.276 e. The van der Waals surface area contributed by atoms with Crippen LogP contribution in [0.25, 0.3) is 0 Å². The summed E-state index contributed by atoms with van der Waals surface area (Å²) in [6.07, 6.45) is 12.1. The van der Waals surface area contributed by atoms with Gasteiger partial charge in [-0.3, -0.25) is 9.59 Å². The lowest BCUT2D eigenvalue weighted by Crippen LogP contribution is -2.45. The van der Waals surface area contributed by atoms with Crippen LogP contribution in [0.4, 0.5) is 0 Å². The number of aliphatic hydroxyl groups is 1. The maximum absolute atomic E-state index is 13.2. The number of hydrogen-bond donors (Lipinski definition) is 3. The van der Waals surface area contributed by atoms with Gasteiger partial charge in [0.15, 0.2) is 5.69 Å². The number of nitrogens with one attached hydrogen (secondary N) is 2. The van der Waals surface area contributed by atoms with Gasteiger partial charge in [-0.25, -0.2) is 4.98 Å². The van der Waals surface area contributed by atoms with Gasteiger partial charge in [-0.2, -0.15) is 4.73 Å². The number of rotatable bonds is 17. The van der Waals surface area contributed by atoms with Crippen LogP contribution in [0.2, 0.25) is 0 Å². The van der Waals surface area contributed by atoms with E-state index in [1.54, 1.807) is 6.92 Å². The van der Waals surface area contributed by atoms with E-state index in [1.165, 1.54) is 6.20 Å². The number of allylic oxidation sites excluding steroid dienone is 2. The van der Waals surface area contributed by atoms with Crippen molar-refractivity contribution in [2.75, 3.05) is 13.1 Å². The van der Waals surface area contributed by atoms with Crippen molar-refractivity contribution in [3.8, 4) is 0 Å². The minimum Gasteiger partial charge on any atom is -0.618 e. The molecule has 1 aromatic heterocycles. The molecule has 3 N–H and O–H groups in total.